The average molecular weight is 228 g/mol. The highest BCUT2D eigenvalue weighted by atomic mass is 33.1. The molecule has 0 aliphatic carbocycles. The van der Waals surface area contributed by atoms with Crippen LogP contribution >= 0.6 is 20.7 Å². The van der Waals surface area contributed by atoms with E-state index in [2.05, 4.69) is 11.7 Å². The Morgan fingerprint density at radius 1 is 1.36 bits per heavy atom. The lowest BCUT2D eigenvalue weighted by Gasteiger charge is -2.30. The van der Waals surface area contributed by atoms with Crippen molar-refractivity contribution in [2.75, 3.05) is 12.5 Å². The van der Waals surface area contributed by atoms with E-state index in [-0.39, 0.29) is 11.4 Å². The summed E-state index contributed by atoms with van der Waals surface area (Å²) in [7, 11) is -1.20. The average Bonchev–Trinajstić information content (AvgIpc) is 2.44. The van der Waals surface area contributed by atoms with Gasteiger partial charge in [0.1, 0.15) is 0 Å². The number of benzene rings is 1. The predicted octanol–water partition coefficient (Wildman–Crippen LogP) is 2.76. The molecule has 2 rings (SSSR count). The van der Waals surface area contributed by atoms with Crippen molar-refractivity contribution < 1.29 is 9.53 Å². The van der Waals surface area contributed by atoms with Crippen LogP contribution in [0.2, 0.25) is 0 Å². The Bertz CT molecular complexity index is 382. The number of hydrogen-bond acceptors (Lipinski definition) is 3. The molecule has 14 heavy (non-hydrogen) atoms. The molecular weight excluding hydrogens is 216 g/mol. The minimum Gasteiger partial charge on any atom is -0.443 e. The van der Waals surface area contributed by atoms with E-state index in [9.17, 15) is 4.79 Å². The third-order valence-corrected chi connectivity index (χ3v) is 4.14. The van der Waals surface area contributed by atoms with Crippen molar-refractivity contribution in [1.82, 2.24) is 0 Å². The molecule has 0 N–H and O–H groups in total. The Balaban J connectivity index is 2.50. The van der Waals surface area contributed by atoms with E-state index >= 15 is 0 Å². The first-order chi connectivity index (χ1) is 6.50. The highest BCUT2D eigenvalue weighted by Gasteiger charge is 2.36. The largest absolute Gasteiger partial charge is 0.443 e. The summed E-state index contributed by atoms with van der Waals surface area (Å²) in [5.74, 6) is -0.222. The zero-order valence-corrected chi connectivity index (χ0v) is 9.77. The maximum atomic E-state index is 11.5. The van der Waals surface area contributed by atoms with E-state index < -0.39 is 9.06 Å². The fourth-order valence-electron chi connectivity index (χ4n) is 1.54. The molecule has 1 atom stereocenters. The SMILES string of the molecule is CS(C)(S)C1OC(=O)c2ccccc21. The fourth-order valence-corrected chi connectivity index (χ4v) is 3.16. The summed E-state index contributed by atoms with van der Waals surface area (Å²) in [6, 6.07) is 7.52. The number of esters is 1. The molecule has 76 valence electrons. The van der Waals surface area contributed by atoms with Gasteiger partial charge in [-0.2, -0.15) is 9.06 Å². The number of ether oxygens (including phenoxy) is 1. The number of hydrogen-bond donors (Lipinski definition) is 1. The smallest absolute Gasteiger partial charge is 0.340 e. The van der Waals surface area contributed by atoms with Crippen LogP contribution in [0.25, 0.3) is 0 Å². The van der Waals surface area contributed by atoms with Crippen LogP contribution in [0.4, 0.5) is 0 Å². The summed E-state index contributed by atoms with van der Waals surface area (Å²) in [5, 5.41) is 0. The number of rotatable bonds is 1. The minimum absolute atomic E-state index is 0.158. The molecule has 1 aromatic rings. The van der Waals surface area contributed by atoms with Crippen molar-refractivity contribution >= 4 is 26.7 Å². The second-order valence-corrected chi connectivity index (χ2v) is 9.63. The van der Waals surface area contributed by atoms with Gasteiger partial charge >= 0.3 is 5.97 Å². The molecule has 1 aliphatic heterocycles. The van der Waals surface area contributed by atoms with Gasteiger partial charge in [-0.1, -0.05) is 18.2 Å². The van der Waals surface area contributed by atoms with Crippen molar-refractivity contribution in [2.45, 2.75) is 5.44 Å². The standard InChI is InChI=1S/C10H12O2S2/c1-14(2,13)10-8-6-4-3-5-7(8)9(11)12-10/h3-6,10,13H,1-2H3. The highest BCUT2D eigenvalue weighted by molar-refractivity contribution is 8.87. The molecule has 0 saturated carbocycles. The lowest BCUT2D eigenvalue weighted by atomic mass is 10.1. The Hall–Kier alpha value is -0.610. The molecule has 1 heterocycles. The number of carbonyl (C=O) groups excluding carboxylic acids is 1. The Kier molecular flexibility index (Phi) is 2.27. The maximum Gasteiger partial charge on any atom is 0.340 e. The number of carbonyl (C=O) groups is 1. The summed E-state index contributed by atoms with van der Waals surface area (Å²) in [4.78, 5) is 11.5. The van der Waals surface area contributed by atoms with Gasteiger partial charge in [0.15, 0.2) is 5.44 Å². The van der Waals surface area contributed by atoms with Gasteiger partial charge < -0.3 is 4.74 Å². The van der Waals surface area contributed by atoms with Crippen molar-refractivity contribution in [3.05, 3.63) is 35.4 Å². The quantitative estimate of drug-likeness (QED) is 0.454. The molecule has 4 heteroatoms. The summed E-state index contributed by atoms with van der Waals surface area (Å²) >= 11 is 4.52. The molecule has 0 aromatic heterocycles. The predicted molar refractivity (Wildman–Crippen MR) is 63.0 cm³/mol. The second-order valence-electron chi connectivity index (χ2n) is 3.67. The maximum absolute atomic E-state index is 11.5. The second kappa shape index (κ2) is 3.21. The van der Waals surface area contributed by atoms with E-state index in [0.717, 1.165) is 5.56 Å². The molecule has 0 radical (unpaired) electrons. The molecule has 0 amide bonds. The van der Waals surface area contributed by atoms with Crippen LogP contribution in [-0.4, -0.2) is 18.5 Å². The lowest BCUT2D eigenvalue weighted by molar-refractivity contribution is 0.0519. The van der Waals surface area contributed by atoms with Crippen LogP contribution < -0.4 is 0 Å². The topological polar surface area (TPSA) is 26.3 Å². The van der Waals surface area contributed by atoms with Crippen LogP contribution in [-0.2, 0) is 4.74 Å². The number of thiol groups is 1. The summed E-state index contributed by atoms with van der Waals surface area (Å²) in [6.07, 6.45) is 4.05. The van der Waals surface area contributed by atoms with Crippen molar-refractivity contribution in [3.63, 3.8) is 0 Å². The Morgan fingerprint density at radius 2 is 2.00 bits per heavy atom. The third-order valence-electron chi connectivity index (χ3n) is 2.17. The van der Waals surface area contributed by atoms with Crippen LogP contribution in [0.1, 0.15) is 21.4 Å². The molecule has 0 bridgehead atoms. The first-order valence-corrected chi connectivity index (χ1v) is 7.81. The molecule has 0 saturated heterocycles. The summed E-state index contributed by atoms with van der Waals surface area (Å²) in [5.41, 5.74) is 1.51. The Morgan fingerprint density at radius 3 is 2.64 bits per heavy atom. The van der Waals surface area contributed by atoms with Crippen molar-refractivity contribution in [1.29, 1.82) is 0 Å². The van der Waals surface area contributed by atoms with Gasteiger partial charge in [0.05, 0.1) is 5.56 Å². The van der Waals surface area contributed by atoms with E-state index in [0.29, 0.717) is 5.56 Å². The molecule has 0 spiro atoms. The highest BCUT2D eigenvalue weighted by Crippen LogP contribution is 2.61. The van der Waals surface area contributed by atoms with Crippen LogP contribution in [0.15, 0.2) is 24.3 Å². The molecular formula is C10H12O2S2. The van der Waals surface area contributed by atoms with Gasteiger partial charge in [0, 0.05) is 5.56 Å². The summed E-state index contributed by atoms with van der Waals surface area (Å²) < 4.78 is 5.32. The Labute approximate surface area is 89.8 Å². The van der Waals surface area contributed by atoms with Crippen LogP contribution in [0.5, 0.6) is 0 Å². The van der Waals surface area contributed by atoms with E-state index in [1.807, 2.05) is 30.7 Å². The lowest BCUT2D eigenvalue weighted by Crippen LogP contribution is -2.03. The van der Waals surface area contributed by atoms with E-state index in [4.69, 9.17) is 4.74 Å². The monoisotopic (exact) mass is 228 g/mol. The van der Waals surface area contributed by atoms with Gasteiger partial charge in [0.25, 0.3) is 0 Å². The third kappa shape index (κ3) is 1.53. The molecule has 1 aliphatic rings. The minimum atomic E-state index is -1.20. The molecule has 1 aromatic carbocycles. The zero-order chi connectivity index (χ0) is 10.3. The van der Waals surface area contributed by atoms with E-state index in [1.165, 1.54) is 0 Å². The molecule has 0 fully saturated rings. The number of cyclic esters (lactones) is 1. The zero-order valence-electron chi connectivity index (χ0n) is 8.06. The van der Waals surface area contributed by atoms with Gasteiger partial charge in [-0.15, -0.1) is 11.7 Å². The first kappa shape index (κ1) is 9.93. The van der Waals surface area contributed by atoms with Gasteiger partial charge in [-0.25, -0.2) is 4.79 Å². The normalized spacial score (nSPS) is 21.6. The van der Waals surface area contributed by atoms with Crippen molar-refractivity contribution in [3.8, 4) is 0 Å². The number of fused-ring (bicyclic) bond motifs is 1. The van der Waals surface area contributed by atoms with Crippen LogP contribution in [0, 0.1) is 0 Å². The van der Waals surface area contributed by atoms with Gasteiger partial charge in [-0.05, 0) is 18.6 Å². The fraction of sp³-hybridized carbons (Fsp3) is 0.300. The van der Waals surface area contributed by atoms with Crippen LogP contribution in [0.3, 0.4) is 0 Å². The molecule has 1 unspecified atom stereocenters. The first-order valence-electron chi connectivity index (χ1n) is 4.24. The summed E-state index contributed by atoms with van der Waals surface area (Å²) in [6.45, 7) is 0. The van der Waals surface area contributed by atoms with Gasteiger partial charge in [-0.3, -0.25) is 0 Å². The molecule has 2 nitrogen and oxygen atoms in total. The van der Waals surface area contributed by atoms with E-state index in [1.54, 1.807) is 6.07 Å². The van der Waals surface area contributed by atoms with Crippen molar-refractivity contribution in [2.24, 2.45) is 0 Å². The van der Waals surface area contributed by atoms with Gasteiger partial charge in [0.2, 0.25) is 0 Å².